The van der Waals surface area contributed by atoms with E-state index in [1.54, 1.807) is 30.3 Å². The smallest absolute Gasteiger partial charge is 0.298 e. The van der Waals surface area contributed by atoms with Gasteiger partial charge in [0.15, 0.2) is 0 Å². The topological polar surface area (TPSA) is 72.8 Å². The molecule has 1 N–H and O–H groups in total. The van der Waals surface area contributed by atoms with Gasteiger partial charge in [-0.2, -0.15) is 8.42 Å². The van der Waals surface area contributed by atoms with Gasteiger partial charge in [0.1, 0.15) is 27.9 Å². The molecule has 0 bridgehead atoms. The summed E-state index contributed by atoms with van der Waals surface area (Å²) in [5.41, 5.74) is 0. The highest BCUT2D eigenvalue weighted by atomic mass is 32.2. The molecule has 0 radical (unpaired) electrons. The summed E-state index contributed by atoms with van der Waals surface area (Å²) in [5.74, 6) is 1.81. The molecule has 0 atom stereocenters. The second kappa shape index (κ2) is 6.74. The number of ether oxygens (including phenoxy) is 2. The Bertz CT molecular complexity index is 919. The first kappa shape index (κ1) is 16.0. The van der Waals surface area contributed by atoms with Gasteiger partial charge in [0.05, 0.1) is 0 Å². The molecule has 24 heavy (non-hydrogen) atoms. The molecule has 0 aliphatic heterocycles. The van der Waals surface area contributed by atoms with Crippen LogP contribution in [0.3, 0.4) is 0 Å². The number of hydrogen-bond acceptors (Lipinski definition) is 4. The Morgan fingerprint density at radius 3 is 1.75 bits per heavy atom. The average molecular weight is 342 g/mol. The van der Waals surface area contributed by atoms with Crippen LogP contribution in [0.2, 0.25) is 0 Å². The maximum absolute atomic E-state index is 11.4. The fraction of sp³-hybridized carbons (Fsp3) is 0. The van der Waals surface area contributed by atoms with Crippen molar-refractivity contribution in [3.05, 3.63) is 78.9 Å². The van der Waals surface area contributed by atoms with E-state index in [4.69, 9.17) is 9.47 Å². The van der Waals surface area contributed by atoms with Crippen molar-refractivity contribution < 1.29 is 22.4 Å². The van der Waals surface area contributed by atoms with Gasteiger partial charge in [0.2, 0.25) is 0 Å². The summed E-state index contributed by atoms with van der Waals surface area (Å²) in [4.78, 5) is -0.283. The maximum Gasteiger partial charge on any atom is 0.298 e. The van der Waals surface area contributed by atoms with Crippen molar-refractivity contribution in [1.29, 1.82) is 0 Å². The lowest BCUT2D eigenvalue weighted by Gasteiger charge is -2.10. The van der Waals surface area contributed by atoms with Gasteiger partial charge in [-0.15, -0.1) is 0 Å². The van der Waals surface area contributed by atoms with Crippen LogP contribution in [0.25, 0.3) is 0 Å². The van der Waals surface area contributed by atoms with E-state index in [0.717, 1.165) is 0 Å². The third-order valence-electron chi connectivity index (χ3n) is 3.16. The number of para-hydroxylation sites is 2. The summed E-state index contributed by atoms with van der Waals surface area (Å²) in [6.45, 7) is 0. The molecule has 0 unspecified atom stereocenters. The van der Waals surface area contributed by atoms with Crippen LogP contribution in [0.5, 0.6) is 23.0 Å². The Labute approximate surface area is 139 Å². The lowest BCUT2D eigenvalue weighted by Crippen LogP contribution is -2.00. The largest absolute Gasteiger partial charge is 0.457 e. The van der Waals surface area contributed by atoms with Crippen LogP contribution in [0, 0.1) is 0 Å². The summed E-state index contributed by atoms with van der Waals surface area (Å²) in [7, 11) is -4.35. The Hall–Kier alpha value is -2.83. The lowest BCUT2D eigenvalue weighted by molar-refractivity contribution is 0.447. The van der Waals surface area contributed by atoms with E-state index >= 15 is 0 Å². The van der Waals surface area contributed by atoms with Gasteiger partial charge in [-0.05, 0) is 48.5 Å². The van der Waals surface area contributed by atoms with E-state index in [9.17, 15) is 13.0 Å². The molecular weight excluding hydrogens is 328 g/mol. The van der Waals surface area contributed by atoms with Crippen LogP contribution in [0.1, 0.15) is 0 Å². The van der Waals surface area contributed by atoms with Gasteiger partial charge >= 0.3 is 0 Å². The first-order chi connectivity index (χ1) is 11.5. The predicted octanol–water partition coefficient (Wildman–Crippen LogP) is 4.52. The highest BCUT2D eigenvalue weighted by Crippen LogP contribution is 2.30. The summed E-state index contributed by atoms with van der Waals surface area (Å²) >= 11 is 0. The molecule has 5 nitrogen and oxygen atoms in total. The SMILES string of the molecule is O=S(=O)(O)c1ccccc1Oc1ccc(Oc2ccccc2)cc1. The summed E-state index contributed by atoms with van der Waals surface area (Å²) in [6, 6.07) is 21.9. The van der Waals surface area contributed by atoms with E-state index in [1.807, 2.05) is 30.3 Å². The van der Waals surface area contributed by atoms with Crippen molar-refractivity contribution in [3.8, 4) is 23.0 Å². The van der Waals surface area contributed by atoms with Crippen molar-refractivity contribution in [2.45, 2.75) is 4.90 Å². The molecule has 122 valence electrons. The van der Waals surface area contributed by atoms with Crippen LogP contribution < -0.4 is 9.47 Å². The minimum atomic E-state index is -4.35. The zero-order chi connectivity index (χ0) is 17.0. The van der Waals surface area contributed by atoms with Gasteiger partial charge in [-0.1, -0.05) is 30.3 Å². The summed E-state index contributed by atoms with van der Waals surface area (Å²) in [5, 5.41) is 0. The van der Waals surface area contributed by atoms with Gasteiger partial charge in [0, 0.05) is 0 Å². The Kier molecular flexibility index (Phi) is 4.50. The average Bonchev–Trinajstić information content (AvgIpc) is 2.57. The first-order valence-electron chi connectivity index (χ1n) is 7.10. The quantitative estimate of drug-likeness (QED) is 0.690. The molecule has 0 saturated carbocycles. The molecule has 0 saturated heterocycles. The van der Waals surface area contributed by atoms with Gasteiger partial charge in [-0.25, -0.2) is 0 Å². The number of rotatable bonds is 5. The van der Waals surface area contributed by atoms with Crippen LogP contribution in [0.15, 0.2) is 83.8 Å². The molecule has 6 heteroatoms. The van der Waals surface area contributed by atoms with E-state index in [0.29, 0.717) is 17.2 Å². The van der Waals surface area contributed by atoms with Crippen molar-refractivity contribution in [3.63, 3.8) is 0 Å². The van der Waals surface area contributed by atoms with Gasteiger partial charge in [-0.3, -0.25) is 4.55 Å². The lowest BCUT2D eigenvalue weighted by atomic mass is 10.3. The third kappa shape index (κ3) is 3.92. The zero-order valence-corrected chi connectivity index (χ0v) is 13.3. The molecule has 3 aromatic carbocycles. The fourth-order valence-electron chi connectivity index (χ4n) is 2.07. The number of hydrogen-bond donors (Lipinski definition) is 1. The molecule has 3 rings (SSSR count). The van der Waals surface area contributed by atoms with Crippen LogP contribution in [-0.2, 0) is 10.1 Å². The Morgan fingerprint density at radius 1 is 0.625 bits per heavy atom. The molecule has 0 aromatic heterocycles. The van der Waals surface area contributed by atoms with Gasteiger partial charge in [0.25, 0.3) is 10.1 Å². The minimum Gasteiger partial charge on any atom is -0.457 e. The monoisotopic (exact) mass is 342 g/mol. The van der Waals surface area contributed by atoms with Crippen molar-refractivity contribution in [2.24, 2.45) is 0 Å². The summed E-state index contributed by atoms with van der Waals surface area (Å²) < 4.78 is 43.2. The highest BCUT2D eigenvalue weighted by Gasteiger charge is 2.16. The molecule has 0 aliphatic rings. The van der Waals surface area contributed by atoms with E-state index < -0.39 is 10.1 Å². The molecule has 0 fully saturated rings. The second-order valence-electron chi connectivity index (χ2n) is 4.91. The fourth-order valence-corrected chi connectivity index (χ4v) is 2.69. The molecular formula is C18H14O5S. The molecule has 3 aromatic rings. The van der Waals surface area contributed by atoms with Crippen LogP contribution in [-0.4, -0.2) is 13.0 Å². The van der Waals surface area contributed by atoms with Gasteiger partial charge < -0.3 is 9.47 Å². The van der Waals surface area contributed by atoms with Crippen LogP contribution in [0.4, 0.5) is 0 Å². The van der Waals surface area contributed by atoms with Crippen molar-refractivity contribution >= 4 is 10.1 Å². The predicted molar refractivity (Wildman–Crippen MR) is 89.3 cm³/mol. The van der Waals surface area contributed by atoms with Crippen molar-refractivity contribution in [1.82, 2.24) is 0 Å². The Balaban J connectivity index is 1.78. The van der Waals surface area contributed by atoms with Crippen LogP contribution >= 0.6 is 0 Å². The number of benzene rings is 3. The molecule has 0 heterocycles. The molecule has 0 amide bonds. The third-order valence-corrected chi connectivity index (χ3v) is 4.05. The zero-order valence-electron chi connectivity index (χ0n) is 12.5. The molecule has 0 spiro atoms. The maximum atomic E-state index is 11.4. The highest BCUT2D eigenvalue weighted by molar-refractivity contribution is 7.86. The first-order valence-corrected chi connectivity index (χ1v) is 8.54. The standard InChI is InChI=1S/C18H14O5S/c19-24(20,21)18-9-5-4-8-17(18)23-16-12-10-15(11-13-16)22-14-6-2-1-3-7-14/h1-13H,(H,19,20,21). The molecule has 0 aliphatic carbocycles. The normalized spacial score (nSPS) is 11.0. The van der Waals surface area contributed by atoms with Crippen molar-refractivity contribution in [2.75, 3.05) is 0 Å². The Morgan fingerprint density at radius 2 is 1.12 bits per heavy atom. The second-order valence-corrected chi connectivity index (χ2v) is 6.30. The van der Waals surface area contributed by atoms with E-state index in [-0.39, 0.29) is 10.6 Å². The van der Waals surface area contributed by atoms with E-state index in [2.05, 4.69) is 0 Å². The summed E-state index contributed by atoms with van der Waals surface area (Å²) in [6.07, 6.45) is 0. The van der Waals surface area contributed by atoms with E-state index in [1.165, 1.54) is 18.2 Å². The minimum absolute atomic E-state index is 0.0525.